The van der Waals surface area contributed by atoms with E-state index >= 15 is 0 Å². The highest BCUT2D eigenvalue weighted by molar-refractivity contribution is 6.06. The molecule has 22 heteroatoms. The fraction of sp³-hybridized carbons (Fsp3) is 0.423. The number of unbranched alkanes of at least 4 members (excludes halogenated alkanes) is 6. The molecule has 0 bridgehead atoms. The van der Waals surface area contributed by atoms with Crippen molar-refractivity contribution in [2.24, 2.45) is 0 Å². The van der Waals surface area contributed by atoms with Crippen LogP contribution in [0.15, 0.2) is 109 Å². The molecular weight excluding hydrogens is 1020 g/mol. The molecule has 0 aliphatic carbocycles. The van der Waals surface area contributed by atoms with Gasteiger partial charge in [0, 0.05) is 28.3 Å². The molecule has 74 heavy (non-hydrogen) atoms. The van der Waals surface area contributed by atoms with Gasteiger partial charge in [-0.2, -0.15) is 57.1 Å². The first-order valence-corrected chi connectivity index (χ1v) is 22.1. The quantitative estimate of drug-likeness (QED) is 0.0175. The van der Waals surface area contributed by atoms with Gasteiger partial charge in [-0.3, -0.25) is 4.79 Å². The van der Waals surface area contributed by atoms with Gasteiger partial charge in [-0.05, 0) is 113 Å². The maximum absolute atomic E-state index is 14.4. The first kappa shape index (κ1) is 65.4. The number of ether oxygens (including phenoxy) is 5. The van der Waals surface area contributed by atoms with Crippen molar-refractivity contribution in [2.75, 3.05) is 33.5 Å². The van der Waals surface area contributed by atoms with Crippen molar-refractivity contribution < 1.29 is 99.9 Å². The number of methoxy groups -OCH3 is 1. The maximum Gasteiger partial charge on any atom is 0.460 e. The summed E-state index contributed by atoms with van der Waals surface area (Å²) in [7, 11) is 1.35. The molecule has 410 valence electrons. The first-order chi connectivity index (χ1) is 33.9. The SMILES string of the molecule is C.C=C(C)C(=O)OCCCCCCOc1ccc(/C=C/C(=O)OC)cc1.C=C(C)C(=O)OCCCCCCOc1ccc(/C=C/C(=O)c2ccc(C(F)(F)C(F)(F)C(F)(F)C(F)(F)C(F)(F)C(F)(F)F)cc2)cc1. The second-order valence-corrected chi connectivity index (χ2v) is 16.0. The van der Waals surface area contributed by atoms with Crippen molar-refractivity contribution in [1.82, 2.24) is 0 Å². The topological polar surface area (TPSA) is 114 Å². The van der Waals surface area contributed by atoms with Crippen LogP contribution in [0.1, 0.15) is 99.7 Å². The van der Waals surface area contributed by atoms with Gasteiger partial charge in [0.05, 0.1) is 33.5 Å². The summed E-state index contributed by atoms with van der Waals surface area (Å²) in [5.41, 5.74) is -0.599. The molecule has 0 atom stereocenters. The normalized spacial score (nSPS) is 12.3. The highest BCUT2D eigenvalue weighted by atomic mass is 19.4. The summed E-state index contributed by atoms with van der Waals surface area (Å²) in [5, 5.41) is 0. The van der Waals surface area contributed by atoms with E-state index in [-0.39, 0.29) is 38.1 Å². The molecule has 9 nitrogen and oxygen atoms in total. The Kier molecular flexibility index (Phi) is 25.9. The Bertz CT molecular complexity index is 2340. The number of alkyl halides is 13. The predicted octanol–water partition coefficient (Wildman–Crippen LogP) is 14.4. The van der Waals surface area contributed by atoms with Crippen LogP contribution in [-0.2, 0) is 34.5 Å². The lowest BCUT2D eigenvalue weighted by molar-refractivity contribution is -0.441. The molecule has 0 heterocycles. The summed E-state index contributed by atoms with van der Waals surface area (Å²) in [4.78, 5) is 45.9. The Hall–Kier alpha value is -6.61. The van der Waals surface area contributed by atoms with E-state index in [1.807, 2.05) is 24.3 Å². The monoisotopic (exact) mass is 1070 g/mol. The zero-order chi connectivity index (χ0) is 55.3. The fourth-order valence-corrected chi connectivity index (χ4v) is 5.72. The van der Waals surface area contributed by atoms with Crippen molar-refractivity contribution in [3.63, 3.8) is 0 Å². The second kappa shape index (κ2) is 29.3. The lowest BCUT2D eigenvalue weighted by Crippen LogP contribution is -2.69. The standard InChI is InChI=1S/C31H27F13O4.C20H26O5.CH4/c1-19(2)25(46)48-18-6-4-3-5-17-47-23-14-7-20(8-15-23)9-16-24(45)21-10-12-22(13-11-21)26(32,33)27(34,35)28(36,37)29(38,39)30(40,41)31(42,43)44;1-16(2)20(22)25-15-7-5-4-6-14-24-18-11-8-17(9-12-18)10-13-19(21)23-3;/h7-16H,1,3-6,17-18H2,2H3;8-13H,1,4-7,14-15H2,2-3H3;1H4/b16-9+;13-10+;. The molecule has 3 aromatic rings. The molecule has 0 amide bonds. The van der Waals surface area contributed by atoms with Gasteiger partial charge in [0.15, 0.2) is 5.78 Å². The number of benzene rings is 3. The van der Waals surface area contributed by atoms with E-state index in [4.69, 9.17) is 18.9 Å². The molecule has 0 fully saturated rings. The molecule has 0 unspecified atom stereocenters. The molecular formula is C52H57F13O9. The van der Waals surface area contributed by atoms with Crippen LogP contribution in [0, 0.1) is 0 Å². The number of ketones is 1. The van der Waals surface area contributed by atoms with Crippen molar-refractivity contribution in [3.05, 3.63) is 132 Å². The summed E-state index contributed by atoms with van der Waals surface area (Å²) >= 11 is 0. The number of esters is 3. The molecule has 0 aromatic heterocycles. The van der Waals surface area contributed by atoms with Crippen LogP contribution in [0.4, 0.5) is 57.1 Å². The van der Waals surface area contributed by atoms with E-state index in [2.05, 4.69) is 17.9 Å². The number of carbonyl (C=O) groups is 4. The Morgan fingerprint density at radius 2 is 0.851 bits per heavy atom. The number of hydrogen-bond donors (Lipinski definition) is 0. The highest BCUT2D eigenvalue weighted by Gasteiger charge is 2.90. The minimum atomic E-state index is -8.00. The van der Waals surface area contributed by atoms with Crippen LogP contribution in [-0.4, -0.2) is 87.1 Å². The molecule has 0 aliphatic rings. The van der Waals surface area contributed by atoms with Crippen LogP contribution in [0.2, 0.25) is 0 Å². The third-order valence-electron chi connectivity index (χ3n) is 10.0. The lowest BCUT2D eigenvalue weighted by Gasteiger charge is -2.39. The number of carbonyl (C=O) groups excluding carboxylic acids is 4. The van der Waals surface area contributed by atoms with Gasteiger partial charge >= 0.3 is 53.7 Å². The molecule has 3 aromatic carbocycles. The van der Waals surface area contributed by atoms with E-state index in [1.165, 1.54) is 31.4 Å². The van der Waals surface area contributed by atoms with Gasteiger partial charge in [0.2, 0.25) is 0 Å². The summed E-state index contributed by atoms with van der Waals surface area (Å²) in [6.45, 7) is 11.9. The van der Waals surface area contributed by atoms with Gasteiger partial charge in [0.1, 0.15) is 11.5 Å². The molecule has 0 saturated carbocycles. The fourth-order valence-electron chi connectivity index (χ4n) is 5.72. The van der Waals surface area contributed by atoms with E-state index in [0.717, 1.165) is 55.9 Å². The zero-order valence-electron chi connectivity index (χ0n) is 39.7. The number of allylic oxidation sites excluding steroid dienone is 1. The Morgan fingerprint density at radius 1 is 0.486 bits per heavy atom. The summed E-state index contributed by atoms with van der Waals surface area (Å²) in [6.07, 6.45) is 4.49. The molecule has 0 saturated heterocycles. The van der Waals surface area contributed by atoms with Gasteiger partial charge in [0.25, 0.3) is 0 Å². The van der Waals surface area contributed by atoms with Gasteiger partial charge in [-0.25, -0.2) is 14.4 Å². The maximum atomic E-state index is 14.4. The van der Waals surface area contributed by atoms with Crippen LogP contribution < -0.4 is 9.47 Å². The second-order valence-electron chi connectivity index (χ2n) is 16.0. The van der Waals surface area contributed by atoms with E-state index in [9.17, 15) is 76.3 Å². The molecule has 3 rings (SSSR count). The number of hydrogen-bond acceptors (Lipinski definition) is 9. The largest absolute Gasteiger partial charge is 0.494 e. The average Bonchev–Trinajstić information content (AvgIpc) is 3.34. The van der Waals surface area contributed by atoms with E-state index in [0.29, 0.717) is 67.3 Å². The van der Waals surface area contributed by atoms with Gasteiger partial charge < -0.3 is 23.7 Å². The number of rotatable bonds is 28. The van der Waals surface area contributed by atoms with E-state index < -0.39 is 58.7 Å². The summed E-state index contributed by atoms with van der Waals surface area (Å²) in [5.74, 6) is -38.4. The van der Waals surface area contributed by atoms with Gasteiger partial charge in [-0.1, -0.05) is 75.2 Å². The predicted molar refractivity (Wildman–Crippen MR) is 250 cm³/mol. The molecule has 0 radical (unpaired) electrons. The third kappa shape index (κ3) is 18.7. The minimum absolute atomic E-state index is 0. The minimum Gasteiger partial charge on any atom is -0.494 e. The average molecular weight is 1070 g/mol. The number of halogens is 13. The zero-order valence-corrected chi connectivity index (χ0v) is 39.7. The van der Waals surface area contributed by atoms with Gasteiger partial charge in [-0.15, -0.1) is 0 Å². The summed E-state index contributed by atoms with van der Waals surface area (Å²) in [6, 6.07) is 14.3. The van der Waals surface area contributed by atoms with Crippen molar-refractivity contribution in [1.29, 1.82) is 0 Å². The Balaban J connectivity index is 0.000000886. The molecule has 0 N–H and O–H groups in total. The highest BCUT2D eigenvalue weighted by Crippen LogP contribution is 2.62. The smallest absolute Gasteiger partial charge is 0.460 e. The Morgan fingerprint density at radius 3 is 1.22 bits per heavy atom. The molecule has 0 spiro atoms. The van der Waals surface area contributed by atoms with Crippen LogP contribution in [0.25, 0.3) is 12.2 Å². The van der Waals surface area contributed by atoms with Crippen molar-refractivity contribution in [2.45, 2.75) is 108 Å². The van der Waals surface area contributed by atoms with Crippen LogP contribution in [0.3, 0.4) is 0 Å². The third-order valence-corrected chi connectivity index (χ3v) is 10.0. The van der Waals surface area contributed by atoms with E-state index in [1.54, 1.807) is 32.1 Å². The van der Waals surface area contributed by atoms with Crippen LogP contribution in [0.5, 0.6) is 11.5 Å². The first-order valence-electron chi connectivity index (χ1n) is 22.1. The van der Waals surface area contributed by atoms with Crippen molar-refractivity contribution in [3.8, 4) is 11.5 Å². The lowest BCUT2D eigenvalue weighted by atomic mass is 9.90. The Labute approximate surface area is 420 Å². The van der Waals surface area contributed by atoms with Crippen molar-refractivity contribution >= 4 is 35.8 Å². The molecule has 0 aliphatic heterocycles. The summed E-state index contributed by atoms with van der Waals surface area (Å²) < 4.78 is 200. The van der Waals surface area contributed by atoms with Crippen LogP contribution >= 0.6 is 0 Å².